The van der Waals surface area contributed by atoms with Crippen molar-refractivity contribution in [2.75, 3.05) is 17.7 Å². The lowest BCUT2D eigenvalue weighted by Gasteiger charge is -2.10. The van der Waals surface area contributed by atoms with Crippen LogP contribution in [0.3, 0.4) is 0 Å². The maximum Gasteiger partial charge on any atom is 0.293 e. The van der Waals surface area contributed by atoms with Crippen LogP contribution in [0.1, 0.15) is 16.1 Å². The van der Waals surface area contributed by atoms with Gasteiger partial charge in [-0.1, -0.05) is 6.07 Å². The van der Waals surface area contributed by atoms with Gasteiger partial charge in [-0.2, -0.15) is 5.10 Å². The average molecular weight is 289 g/mol. The number of anilines is 2. The van der Waals surface area contributed by atoms with E-state index in [0.29, 0.717) is 5.82 Å². The number of para-hydroxylation sites is 1. The Morgan fingerprint density at radius 2 is 2.14 bits per heavy atom. The Labute approximate surface area is 120 Å². The van der Waals surface area contributed by atoms with Crippen molar-refractivity contribution in [3.8, 4) is 0 Å². The topological polar surface area (TPSA) is 102 Å². The fraction of sp³-hybridized carbons (Fsp3) is 0.231. The van der Waals surface area contributed by atoms with E-state index in [-0.39, 0.29) is 16.9 Å². The Bertz CT molecular complexity index is 708. The number of hydrogen-bond donors (Lipinski definition) is 2. The molecule has 0 aliphatic carbocycles. The van der Waals surface area contributed by atoms with Gasteiger partial charge < -0.3 is 10.6 Å². The van der Waals surface area contributed by atoms with Gasteiger partial charge in [-0.3, -0.25) is 19.6 Å². The summed E-state index contributed by atoms with van der Waals surface area (Å²) >= 11 is 0. The largest absolute Gasteiger partial charge is 0.382 e. The highest BCUT2D eigenvalue weighted by Gasteiger charge is 2.21. The summed E-state index contributed by atoms with van der Waals surface area (Å²) in [5.74, 6) is 0.0807. The fourth-order valence-electron chi connectivity index (χ4n) is 2.06. The molecule has 0 atom stereocenters. The molecule has 0 unspecified atom stereocenters. The van der Waals surface area contributed by atoms with Crippen LogP contribution in [0.15, 0.2) is 24.3 Å². The minimum Gasteiger partial charge on any atom is -0.382 e. The molecule has 110 valence electrons. The molecule has 0 saturated carbocycles. The number of hydrogen-bond acceptors (Lipinski definition) is 5. The zero-order valence-corrected chi connectivity index (χ0v) is 11.9. The van der Waals surface area contributed by atoms with Crippen molar-refractivity contribution in [3.63, 3.8) is 0 Å². The van der Waals surface area contributed by atoms with Gasteiger partial charge in [0.1, 0.15) is 11.5 Å². The number of aromatic nitrogens is 2. The molecule has 1 heterocycles. The number of carbonyl (C=O) groups excluding carboxylic acids is 1. The van der Waals surface area contributed by atoms with Crippen LogP contribution in [-0.4, -0.2) is 27.7 Å². The molecular weight excluding hydrogens is 274 g/mol. The van der Waals surface area contributed by atoms with Gasteiger partial charge in [0, 0.05) is 26.2 Å². The summed E-state index contributed by atoms with van der Waals surface area (Å²) in [4.78, 5) is 22.8. The molecular formula is C13H15N5O3. The monoisotopic (exact) mass is 289 g/mol. The molecule has 2 aromatic rings. The van der Waals surface area contributed by atoms with Crippen LogP contribution in [0.5, 0.6) is 0 Å². The summed E-state index contributed by atoms with van der Waals surface area (Å²) < 4.78 is 1.53. The predicted octanol–water partition coefficient (Wildman–Crippen LogP) is 1.93. The van der Waals surface area contributed by atoms with Crippen molar-refractivity contribution in [1.29, 1.82) is 0 Å². The maximum absolute atomic E-state index is 12.3. The molecule has 2 rings (SSSR count). The second-order valence-electron chi connectivity index (χ2n) is 4.46. The summed E-state index contributed by atoms with van der Waals surface area (Å²) in [6.45, 7) is 1.81. The number of carbonyl (C=O) groups is 1. The Kier molecular flexibility index (Phi) is 3.88. The Balaban J connectivity index is 2.37. The lowest BCUT2D eigenvalue weighted by molar-refractivity contribution is -0.384. The van der Waals surface area contributed by atoms with Crippen molar-refractivity contribution in [3.05, 3.63) is 45.6 Å². The van der Waals surface area contributed by atoms with Gasteiger partial charge in [0.05, 0.1) is 16.2 Å². The zero-order valence-electron chi connectivity index (χ0n) is 11.9. The molecule has 21 heavy (non-hydrogen) atoms. The Morgan fingerprint density at radius 3 is 2.67 bits per heavy atom. The molecule has 0 saturated heterocycles. The minimum absolute atomic E-state index is 0.147. The second-order valence-corrected chi connectivity index (χ2v) is 4.46. The van der Waals surface area contributed by atoms with Gasteiger partial charge in [0.2, 0.25) is 0 Å². The summed E-state index contributed by atoms with van der Waals surface area (Å²) in [6.07, 6.45) is 0. The molecule has 1 aromatic carbocycles. The van der Waals surface area contributed by atoms with E-state index in [9.17, 15) is 14.9 Å². The third-order valence-electron chi connectivity index (χ3n) is 2.98. The SMILES string of the molecule is CNc1c(C(=O)Nc2cc(C)nn2C)cccc1[N+](=O)[O-]. The molecule has 2 N–H and O–H groups in total. The van der Waals surface area contributed by atoms with Crippen molar-refractivity contribution in [2.45, 2.75) is 6.92 Å². The number of amides is 1. The molecule has 8 heteroatoms. The predicted molar refractivity (Wildman–Crippen MR) is 78.5 cm³/mol. The molecule has 0 radical (unpaired) electrons. The lowest BCUT2D eigenvalue weighted by atomic mass is 10.1. The van der Waals surface area contributed by atoms with Crippen molar-refractivity contribution < 1.29 is 9.72 Å². The molecule has 8 nitrogen and oxygen atoms in total. The second kappa shape index (κ2) is 5.61. The first kappa shape index (κ1) is 14.5. The molecule has 0 aliphatic heterocycles. The molecule has 0 bridgehead atoms. The van der Waals surface area contributed by atoms with E-state index >= 15 is 0 Å². The molecule has 0 spiro atoms. The van der Waals surface area contributed by atoms with Gasteiger partial charge in [-0.05, 0) is 13.0 Å². The summed E-state index contributed by atoms with van der Waals surface area (Å²) in [5, 5.41) is 20.5. The number of nitro benzene ring substituents is 1. The van der Waals surface area contributed by atoms with Gasteiger partial charge in [0.15, 0.2) is 0 Å². The molecule has 1 aromatic heterocycles. The van der Waals surface area contributed by atoms with Crippen LogP contribution in [0.25, 0.3) is 0 Å². The Hall–Kier alpha value is -2.90. The van der Waals surface area contributed by atoms with Gasteiger partial charge in [-0.25, -0.2) is 0 Å². The van der Waals surface area contributed by atoms with Crippen LogP contribution in [0.4, 0.5) is 17.2 Å². The number of nitrogens with zero attached hydrogens (tertiary/aromatic N) is 3. The number of nitrogens with one attached hydrogen (secondary N) is 2. The summed E-state index contributed by atoms with van der Waals surface area (Å²) in [7, 11) is 3.24. The Morgan fingerprint density at radius 1 is 1.43 bits per heavy atom. The van der Waals surface area contributed by atoms with Crippen LogP contribution < -0.4 is 10.6 Å². The van der Waals surface area contributed by atoms with Crippen LogP contribution >= 0.6 is 0 Å². The quantitative estimate of drug-likeness (QED) is 0.661. The van der Waals surface area contributed by atoms with E-state index in [2.05, 4.69) is 15.7 Å². The van der Waals surface area contributed by atoms with Gasteiger partial charge >= 0.3 is 0 Å². The third-order valence-corrected chi connectivity index (χ3v) is 2.98. The molecule has 1 amide bonds. The lowest BCUT2D eigenvalue weighted by Crippen LogP contribution is -2.16. The van der Waals surface area contributed by atoms with E-state index in [1.54, 1.807) is 13.1 Å². The summed E-state index contributed by atoms with van der Waals surface area (Å²) in [5.41, 5.74) is 0.997. The first-order valence-corrected chi connectivity index (χ1v) is 6.21. The third kappa shape index (κ3) is 2.83. The number of aryl methyl sites for hydroxylation is 2. The first-order valence-electron chi connectivity index (χ1n) is 6.21. The number of nitro groups is 1. The van der Waals surface area contributed by atoms with Crippen LogP contribution in [0.2, 0.25) is 0 Å². The fourth-order valence-corrected chi connectivity index (χ4v) is 2.06. The van der Waals surface area contributed by atoms with E-state index in [1.807, 2.05) is 6.92 Å². The smallest absolute Gasteiger partial charge is 0.293 e. The maximum atomic E-state index is 12.3. The van der Waals surface area contributed by atoms with E-state index in [4.69, 9.17) is 0 Å². The van der Waals surface area contributed by atoms with Crippen molar-refractivity contribution >= 4 is 23.1 Å². The average Bonchev–Trinajstić information content (AvgIpc) is 2.75. The molecule has 0 fully saturated rings. The van der Waals surface area contributed by atoms with Crippen LogP contribution in [0, 0.1) is 17.0 Å². The zero-order chi connectivity index (χ0) is 15.6. The van der Waals surface area contributed by atoms with E-state index < -0.39 is 10.8 Å². The first-order chi connectivity index (χ1) is 9.93. The van der Waals surface area contributed by atoms with Crippen molar-refractivity contribution in [2.24, 2.45) is 7.05 Å². The standard InChI is InChI=1S/C13H15N5O3/c1-8-7-11(17(3)16-8)15-13(19)9-5-4-6-10(18(20)21)12(9)14-2/h4-7,14H,1-3H3,(H,15,19). The van der Waals surface area contributed by atoms with Crippen LogP contribution in [-0.2, 0) is 7.05 Å². The minimum atomic E-state index is -0.531. The van der Waals surface area contributed by atoms with E-state index in [1.165, 1.54) is 29.9 Å². The highest BCUT2D eigenvalue weighted by atomic mass is 16.6. The highest BCUT2D eigenvalue weighted by molar-refractivity contribution is 6.09. The summed E-state index contributed by atoms with van der Waals surface area (Å²) in [6, 6.07) is 6.06. The number of rotatable bonds is 4. The molecule has 0 aliphatic rings. The van der Waals surface area contributed by atoms with Gasteiger partial charge in [0.25, 0.3) is 11.6 Å². The van der Waals surface area contributed by atoms with Gasteiger partial charge in [-0.15, -0.1) is 0 Å². The number of benzene rings is 1. The normalized spacial score (nSPS) is 10.2. The highest BCUT2D eigenvalue weighted by Crippen LogP contribution is 2.28. The van der Waals surface area contributed by atoms with Crippen molar-refractivity contribution in [1.82, 2.24) is 9.78 Å². The van der Waals surface area contributed by atoms with E-state index in [0.717, 1.165) is 5.69 Å².